The summed E-state index contributed by atoms with van der Waals surface area (Å²) in [6.45, 7) is 4.41. The Hall–Kier alpha value is -3.48. The van der Waals surface area contributed by atoms with Crippen molar-refractivity contribution in [2.45, 2.75) is 33.1 Å². The van der Waals surface area contributed by atoms with Crippen LogP contribution in [0.2, 0.25) is 0 Å². The minimum atomic E-state index is -0.352. The average molecular weight is 423 g/mol. The molecule has 1 aromatic heterocycles. The molecule has 3 aromatic rings. The second-order valence-corrected chi connectivity index (χ2v) is 7.28. The molecule has 3 rings (SSSR count). The van der Waals surface area contributed by atoms with E-state index in [1.54, 1.807) is 27.8 Å². The fourth-order valence-corrected chi connectivity index (χ4v) is 3.29. The Morgan fingerprint density at radius 2 is 1.74 bits per heavy atom. The summed E-state index contributed by atoms with van der Waals surface area (Å²) in [5, 5.41) is 7.49. The summed E-state index contributed by atoms with van der Waals surface area (Å²) >= 11 is 0. The predicted molar refractivity (Wildman–Crippen MR) is 119 cm³/mol. The number of hydrogen-bond donors (Lipinski definition) is 1. The van der Waals surface area contributed by atoms with Crippen LogP contribution in [-0.4, -0.2) is 39.6 Å². The van der Waals surface area contributed by atoms with Crippen LogP contribution in [0.15, 0.2) is 60.7 Å². The zero-order valence-electron chi connectivity index (χ0n) is 17.8. The molecule has 0 aliphatic carbocycles. The number of halogens is 1. The molecule has 0 saturated heterocycles. The fourth-order valence-electron chi connectivity index (χ4n) is 3.29. The van der Waals surface area contributed by atoms with Gasteiger partial charge in [0.05, 0.1) is 17.9 Å². The zero-order valence-corrected chi connectivity index (χ0v) is 17.8. The number of nitrogens with one attached hydrogen (secondary N) is 1. The first-order valence-corrected chi connectivity index (χ1v) is 10.5. The van der Waals surface area contributed by atoms with Crippen LogP contribution < -0.4 is 5.32 Å². The normalized spacial score (nSPS) is 10.7. The van der Waals surface area contributed by atoms with E-state index in [1.807, 2.05) is 44.2 Å². The third-order valence-electron chi connectivity index (χ3n) is 4.76. The van der Waals surface area contributed by atoms with E-state index in [-0.39, 0.29) is 24.2 Å². The molecule has 0 aliphatic heterocycles. The van der Waals surface area contributed by atoms with Crippen LogP contribution in [0.25, 0.3) is 16.9 Å². The summed E-state index contributed by atoms with van der Waals surface area (Å²) in [6, 6.07) is 17.2. The fraction of sp³-hybridized carbons (Fsp3) is 0.292. The van der Waals surface area contributed by atoms with Crippen molar-refractivity contribution in [1.29, 1.82) is 0 Å². The predicted octanol–water partition coefficient (Wildman–Crippen LogP) is 4.66. The van der Waals surface area contributed by atoms with Crippen molar-refractivity contribution < 1.29 is 14.0 Å². The van der Waals surface area contributed by atoms with Crippen molar-refractivity contribution in [3.63, 3.8) is 0 Å². The number of hydrogen-bond acceptors (Lipinski definition) is 3. The van der Waals surface area contributed by atoms with Crippen LogP contribution in [0.4, 0.5) is 10.2 Å². The molecular weight excluding hydrogens is 395 g/mol. The molecule has 0 spiro atoms. The van der Waals surface area contributed by atoms with Gasteiger partial charge in [0.2, 0.25) is 11.8 Å². The van der Waals surface area contributed by atoms with E-state index in [0.717, 1.165) is 18.4 Å². The summed E-state index contributed by atoms with van der Waals surface area (Å²) in [5.74, 6) is -0.235. The van der Waals surface area contributed by atoms with Gasteiger partial charge in [0.15, 0.2) is 0 Å². The third-order valence-corrected chi connectivity index (χ3v) is 4.76. The first-order valence-electron chi connectivity index (χ1n) is 10.5. The van der Waals surface area contributed by atoms with Crippen LogP contribution >= 0.6 is 0 Å². The number of nitrogens with zero attached hydrogens (tertiary/aromatic N) is 3. The number of carbonyl (C=O) groups excluding carboxylic acids is 2. The molecule has 31 heavy (non-hydrogen) atoms. The van der Waals surface area contributed by atoms with Crippen molar-refractivity contribution in [1.82, 2.24) is 14.7 Å². The van der Waals surface area contributed by atoms with Gasteiger partial charge in [-0.1, -0.05) is 44.2 Å². The van der Waals surface area contributed by atoms with E-state index in [1.165, 1.54) is 12.1 Å². The first-order chi connectivity index (χ1) is 15.0. The molecule has 7 heteroatoms. The van der Waals surface area contributed by atoms with E-state index in [9.17, 15) is 14.0 Å². The number of carbonyl (C=O) groups is 2. The minimum absolute atomic E-state index is 0.0259. The maximum atomic E-state index is 13.4. The van der Waals surface area contributed by atoms with Crippen LogP contribution in [0.5, 0.6) is 0 Å². The number of benzene rings is 2. The number of rotatable bonds is 9. The van der Waals surface area contributed by atoms with Gasteiger partial charge in [-0.2, -0.15) is 5.10 Å². The number of aromatic nitrogens is 2. The van der Waals surface area contributed by atoms with Gasteiger partial charge in [0.25, 0.3) is 0 Å². The van der Waals surface area contributed by atoms with Crippen LogP contribution in [0, 0.1) is 5.82 Å². The monoisotopic (exact) mass is 422 g/mol. The number of amides is 2. The maximum absolute atomic E-state index is 13.4. The largest absolute Gasteiger partial charge is 0.333 e. The van der Waals surface area contributed by atoms with E-state index < -0.39 is 0 Å². The van der Waals surface area contributed by atoms with Crippen molar-refractivity contribution in [3.05, 3.63) is 66.5 Å². The minimum Gasteiger partial charge on any atom is -0.333 e. The Labute approximate surface area is 181 Å². The third kappa shape index (κ3) is 5.78. The summed E-state index contributed by atoms with van der Waals surface area (Å²) in [6.07, 6.45) is 1.92. The molecule has 0 radical (unpaired) electrons. The summed E-state index contributed by atoms with van der Waals surface area (Å²) in [7, 11) is 0. The lowest BCUT2D eigenvalue weighted by atomic mass is 10.1. The lowest BCUT2D eigenvalue weighted by molar-refractivity contribution is -0.134. The van der Waals surface area contributed by atoms with Gasteiger partial charge in [-0.05, 0) is 37.1 Å². The molecule has 0 bridgehead atoms. The lowest BCUT2D eigenvalue weighted by Gasteiger charge is -2.21. The second-order valence-electron chi connectivity index (χ2n) is 7.28. The van der Waals surface area contributed by atoms with Crippen molar-refractivity contribution in [3.8, 4) is 16.9 Å². The van der Waals surface area contributed by atoms with Crippen molar-refractivity contribution in [2.75, 3.05) is 18.4 Å². The van der Waals surface area contributed by atoms with Crippen molar-refractivity contribution in [2.24, 2.45) is 0 Å². The van der Waals surface area contributed by atoms with E-state index >= 15 is 0 Å². The van der Waals surface area contributed by atoms with Gasteiger partial charge in [0, 0.05) is 24.6 Å². The quantitative estimate of drug-likeness (QED) is 0.546. The highest BCUT2D eigenvalue weighted by atomic mass is 19.1. The Morgan fingerprint density at radius 3 is 2.39 bits per heavy atom. The maximum Gasteiger partial charge on any atom is 0.245 e. The van der Waals surface area contributed by atoms with E-state index in [0.29, 0.717) is 30.2 Å². The molecule has 0 fully saturated rings. The molecule has 0 aliphatic rings. The molecule has 2 aromatic carbocycles. The first kappa shape index (κ1) is 22.2. The zero-order chi connectivity index (χ0) is 22.2. The second kappa shape index (κ2) is 10.5. The molecule has 6 nitrogen and oxygen atoms in total. The van der Waals surface area contributed by atoms with Gasteiger partial charge < -0.3 is 10.2 Å². The SMILES string of the molecule is CCCC(=O)N(CCC)CC(=O)Nc1cc(-c2ccccc2)nn1-c1ccc(F)cc1. The number of anilines is 1. The van der Waals surface area contributed by atoms with Crippen LogP contribution in [0.1, 0.15) is 33.1 Å². The van der Waals surface area contributed by atoms with Crippen molar-refractivity contribution >= 4 is 17.6 Å². The van der Waals surface area contributed by atoms with Gasteiger partial charge >= 0.3 is 0 Å². The Morgan fingerprint density at radius 1 is 1.03 bits per heavy atom. The summed E-state index contributed by atoms with van der Waals surface area (Å²) in [4.78, 5) is 26.7. The highest BCUT2D eigenvalue weighted by Gasteiger charge is 2.18. The van der Waals surface area contributed by atoms with Gasteiger partial charge in [-0.15, -0.1) is 0 Å². The Kier molecular flexibility index (Phi) is 7.54. The van der Waals surface area contributed by atoms with E-state index in [2.05, 4.69) is 10.4 Å². The molecular formula is C24H27FN4O2. The molecule has 1 heterocycles. The lowest BCUT2D eigenvalue weighted by Crippen LogP contribution is -2.38. The van der Waals surface area contributed by atoms with Gasteiger partial charge in [-0.3, -0.25) is 9.59 Å². The topological polar surface area (TPSA) is 67.2 Å². The molecule has 1 N–H and O–H groups in total. The summed E-state index contributed by atoms with van der Waals surface area (Å²) < 4.78 is 15.0. The van der Waals surface area contributed by atoms with Crippen LogP contribution in [-0.2, 0) is 9.59 Å². The highest BCUT2D eigenvalue weighted by molar-refractivity contribution is 5.94. The Balaban J connectivity index is 1.88. The molecule has 2 amide bonds. The van der Waals surface area contributed by atoms with Crippen LogP contribution in [0.3, 0.4) is 0 Å². The smallest absolute Gasteiger partial charge is 0.245 e. The van der Waals surface area contributed by atoms with E-state index in [4.69, 9.17) is 0 Å². The summed E-state index contributed by atoms with van der Waals surface area (Å²) in [5.41, 5.74) is 2.18. The molecule has 0 atom stereocenters. The molecule has 162 valence electrons. The Bertz CT molecular complexity index is 1020. The average Bonchev–Trinajstić information content (AvgIpc) is 3.18. The molecule has 0 unspecified atom stereocenters. The standard InChI is InChI=1S/C24H27FN4O2/c1-3-8-24(31)28(15-4-2)17-23(30)26-22-16-21(18-9-6-5-7-10-18)27-29(22)20-13-11-19(25)12-14-20/h5-7,9-14,16H,3-4,8,15,17H2,1-2H3,(H,26,30). The highest BCUT2D eigenvalue weighted by Crippen LogP contribution is 2.25. The van der Waals surface area contributed by atoms with Gasteiger partial charge in [0.1, 0.15) is 11.6 Å². The molecule has 0 saturated carbocycles. The van der Waals surface area contributed by atoms with Gasteiger partial charge in [-0.25, -0.2) is 9.07 Å².